The standard InChI is InChI=1S/C24H25ClN4O3/c1-31-21-6-4-3-5-18(21)19-8-10-23(28-27-19)29-13-11-16(12-14-29)24(30)26-20-15-17(25)7-9-22(20)32-2/h3-10,15-16H,11-14H2,1-2H3,(H,26,30). The topological polar surface area (TPSA) is 76.6 Å². The van der Waals surface area contributed by atoms with E-state index in [1.54, 1.807) is 32.4 Å². The van der Waals surface area contributed by atoms with E-state index in [2.05, 4.69) is 20.4 Å². The molecule has 1 aromatic heterocycles. The van der Waals surface area contributed by atoms with Crippen LogP contribution < -0.4 is 19.7 Å². The smallest absolute Gasteiger partial charge is 0.227 e. The number of methoxy groups -OCH3 is 2. The van der Waals surface area contributed by atoms with Gasteiger partial charge in [0.25, 0.3) is 0 Å². The van der Waals surface area contributed by atoms with Gasteiger partial charge in [-0.15, -0.1) is 10.2 Å². The highest BCUT2D eigenvalue weighted by Crippen LogP contribution is 2.31. The van der Waals surface area contributed by atoms with Gasteiger partial charge in [0.2, 0.25) is 5.91 Å². The highest BCUT2D eigenvalue weighted by atomic mass is 35.5. The van der Waals surface area contributed by atoms with Gasteiger partial charge in [0.1, 0.15) is 11.5 Å². The quantitative estimate of drug-likeness (QED) is 0.585. The van der Waals surface area contributed by atoms with E-state index in [9.17, 15) is 4.79 Å². The van der Waals surface area contributed by atoms with Crippen molar-refractivity contribution in [3.8, 4) is 22.8 Å². The van der Waals surface area contributed by atoms with E-state index < -0.39 is 0 Å². The third-order valence-corrected chi connectivity index (χ3v) is 5.88. The number of carbonyl (C=O) groups excluding carboxylic acids is 1. The van der Waals surface area contributed by atoms with Crippen molar-refractivity contribution in [2.75, 3.05) is 37.5 Å². The van der Waals surface area contributed by atoms with Crippen molar-refractivity contribution in [2.24, 2.45) is 5.92 Å². The summed E-state index contributed by atoms with van der Waals surface area (Å²) in [5, 5.41) is 12.3. The molecule has 0 saturated carbocycles. The van der Waals surface area contributed by atoms with Crippen molar-refractivity contribution in [2.45, 2.75) is 12.8 Å². The number of anilines is 2. The Bertz CT molecular complexity index is 1080. The largest absolute Gasteiger partial charge is 0.496 e. The average molecular weight is 453 g/mol. The molecular weight excluding hydrogens is 428 g/mol. The first-order chi connectivity index (χ1) is 15.6. The molecule has 1 N–H and O–H groups in total. The van der Waals surface area contributed by atoms with Gasteiger partial charge in [-0.1, -0.05) is 23.7 Å². The van der Waals surface area contributed by atoms with Gasteiger partial charge in [0, 0.05) is 29.6 Å². The molecular formula is C24H25ClN4O3. The number of para-hydroxylation sites is 1. The first-order valence-electron chi connectivity index (χ1n) is 10.5. The van der Waals surface area contributed by atoms with Gasteiger partial charge in [-0.3, -0.25) is 4.79 Å². The van der Waals surface area contributed by atoms with Crippen molar-refractivity contribution in [1.82, 2.24) is 10.2 Å². The summed E-state index contributed by atoms with van der Waals surface area (Å²) in [6.45, 7) is 1.46. The fraction of sp³-hybridized carbons (Fsp3) is 0.292. The molecule has 0 unspecified atom stereocenters. The molecule has 1 aliphatic rings. The van der Waals surface area contributed by atoms with Gasteiger partial charge in [0.15, 0.2) is 5.82 Å². The Kier molecular flexibility index (Phi) is 6.75. The van der Waals surface area contributed by atoms with E-state index in [0.29, 0.717) is 16.5 Å². The number of aromatic nitrogens is 2. The molecule has 1 fully saturated rings. The molecule has 166 valence electrons. The summed E-state index contributed by atoms with van der Waals surface area (Å²) in [5.41, 5.74) is 2.25. The number of nitrogens with zero attached hydrogens (tertiary/aromatic N) is 3. The van der Waals surface area contributed by atoms with E-state index in [-0.39, 0.29) is 11.8 Å². The van der Waals surface area contributed by atoms with E-state index in [1.807, 2.05) is 36.4 Å². The van der Waals surface area contributed by atoms with Crippen molar-refractivity contribution >= 4 is 29.0 Å². The Morgan fingerprint density at radius 1 is 1.00 bits per heavy atom. The Morgan fingerprint density at radius 2 is 1.75 bits per heavy atom. The molecule has 32 heavy (non-hydrogen) atoms. The molecule has 4 rings (SSSR count). The number of rotatable bonds is 6. The Hall–Kier alpha value is -3.32. The summed E-state index contributed by atoms with van der Waals surface area (Å²) in [6.07, 6.45) is 1.45. The van der Waals surface area contributed by atoms with Crippen LogP contribution in [0.4, 0.5) is 11.5 Å². The Labute approximate surface area is 192 Å². The third-order valence-electron chi connectivity index (χ3n) is 5.64. The summed E-state index contributed by atoms with van der Waals surface area (Å²) in [7, 11) is 3.21. The maximum Gasteiger partial charge on any atom is 0.227 e. The van der Waals surface area contributed by atoms with E-state index in [4.69, 9.17) is 21.1 Å². The zero-order valence-corrected chi connectivity index (χ0v) is 18.8. The molecule has 2 aromatic carbocycles. The number of ether oxygens (including phenoxy) is 2. The normalized spacial score (nSPS) is 14.2. The summed E-state index contributed by atoms with van der Waals surface area (Å²) in [4.78, 5) is 14.9. The zero-order chi connectivity index (χ0) is 22.5. The van der Waals surface area contributed by atoms with Crippen LogP contribution in [0, 0.1) is 5.92 Å². The van der Waals surface area contributed by atoms with Crippen molar-refractivity contribution in [3.63, 3.8) is 0 Å². The van der Waals surface area contributed by atoms with Crippen LogP contribution >= 0.6 is 11.6 Å². The van der Waals surface area contributed by atoms with E-state index in [1.165, 1.54) is 0 Å². The van der Waals surface area contributed by atoms with Crippen LogP contribution in [-0.4, -0.2) is 43.4 Å². The molecule has 3 aromatic rings. The van der Waals surface area contributed by atoms with Gasteiger partial charge >= 0.3 is 0 Å². The van der Waals surface area contributed by atoms with Crippen LogP contribution in [0.25, 0.3) is 11.3 Å². The summed E-state index contributed by atoms with van der Waals surface area (Å²) < 4.78 is 10.7. The molecule has 0 radical (unpaired) electrons. The molecule has 0 atom stereocenters. The van der Waals surface area contributed by atoms with Gasteiger partial charge in [-0.25, -0.2) is 0 Å². The molecule has 0 aliphatic carbocycles. The van der Waals surface area contributed by atoms with Crippen LogP contribution in [-0.2, 0) is 4.79 Å². The predicted molar refractivity (Wildman–Crippen MR) is 126 cm³/mol. The van der Waals surface area contributed by atoms with Gasteiger partial charge in [-0.05, 0) is 55.3 Å². The van der Waals surface area contributed by atoms with Crippen molar-refractivity contribution in [3.05, 3.63) is 59.6 Å². The second kappa shape index (κ2) is 9.87. The highest BCUT2D eigenvalue weighted by Gasteiger charge is 2.26. The second-order valence-corrected chi connectivity index (χ2v) is 8.01. The number of amides is 1. The lowest BCUT2D eigenvalue weighted by molar-refractivity contribution is -0.120. The number of carbonyl (C=O) groups is 1. The maximum atomic E-state index is 12.8. The summed E-state index contributed by atoms with van der Waals surface area (Å²) in [5.74, 6) is 2.04. The fourth-order valence-electron chi connectivity index (χ4n) is 3.88. The summed E-state index contributed by atoms with van der Waals surface area (Å²) >= 11 is 6.06. The Morgan fingerprint density at radius 3 is 2.44 bits per heavy atom. The monoisotopic (exact) mass is 452 g/mol. The van der Waals surface area contributed by atoms with Gasteiger partial charge < -0.3 is 19.7 Å². The second-order valence-electron chi connectivity index (χ2n) is 7.57. The number of benzene rings is 2. The predicted octanol–water partition coefficient (Wildman–Crippen LogP) is 4.67. The molecule has 7 nitrogen and oxygen atoms in total. The van der Waals surface area contributed by atoms with Crippen molar-refractivity contribution < 1.29 is 14.3 Å². The molecule has 2 heterocycles. The first kappa shape index (κ1) is 21.9. The SMILES string of the molecule is COc1ccc(Cl)cc1NC(=O)C1CCN(c2ccc(-c3ccccc3OC)nn2)CC1. The van der Waals surface area contributed by atoms with Crippen LogP contribution in [0.5, 0.6) is 11.5 Å². The van der Waals surface area contributed by atoms with Gasteiger partial charge in [0.05, 0.1) is 25.6 Å². The minimum atomic E-state index is -0.0873. The average Bonchev–Trinajstić information content (AvgIpc) is 2.84. The summed E-state index contributed by atoms with van der Waals surface area (Å²) in [6, 6.07) is 16.8. The lowest BCUT2D eigenvalue weighted by atomic mass is 9.95. The fourth-order valence-corrected chi connectivity index (χ4v) is 4.05. The van der Waals surface area contributed by atoms with E-state index in [0.717, 1.165) is 48.8 Å². The van der Waals surface area contributed by atoms with Crippen LogP contribution in [0.1, 0.15) is 12.8 Å². The molecule has 8 heteroatoms. The minimum Gasteiger partial charge on any atom is -0.496 e. The lowest BCUT2D eigenvalue weighted by Gasteiger charge is -2.32. The lowest BCUT2D eigenvalue weighted by Crippen LogP contribution is -2.38. The molecule has 1 saturated heterocycles. The Balaban J connectivity index is 1.37. The van der Waals surface area contributed by atoms with E-state index >= 15 is 0 Å². The van der Waals surface area contributed by atoms with Crippen LogP contribution in [0.2, 0.25) is 5.02 Å². The molecule has 1 aliphatic heterocycles. The van der Waals surface area contributed by atoms with Crippen LogP contribution in [0.15, 0.2) is 54.6 Å². The third kappa shape index (κ3) is 4.78. The molecule has 1 amide bonds. The number of hydrogen-bond acceptors (Lipinski definition) is 6. The minimum absolute atomic E-state index is 0.0252. The first-order valence-corrected chi connectivity index (χ1v) is 10.8. The molecule has 0 bridgehead atoms. The van der Waals surface area contributed by atoms with Crippen molar-refractivity contribution in [1.29, 1.82) is 0 Å². The molecule has 0 spiro atoms. The maximum absolute atomic E-state index is 12.8. The number of hydrogen-bond donors (Lipinski definition) is 1. The number of halogens is 1. The zero-order valence-electron chi connectivity index (χ0n) is 18.0. The number of piperidine rings is 1. The van der Waals surface area contributed by atoms with Crippen LogP contribution in [0.3, 0.4) is 0 Å². The highest BCUT2D eigenvalue weighted by molar-refractivity contribution is 6.31. The number of nitrogens with one attached hydrogen (secondary N) is 1. The van der Waals surface area contributed by atoms with Gasteiger partial charge in [-0.2, -0.15) is 0 Å².